The number of hydrogen-bond acceptors (Lipinski definition) is 5. The molecule has 0 amide bonds. The van der Waals surface area contributed by atoms with Gasteiger partial charge in [0.05, 0.1) is 12.7 Å². The summed E-state index contributed by atoms with van der Waals surface area (Å²) < 4.78 is 30.1. The summed E-state index contributed by atoms with van der Waals surface area (Å²) in [5.41, 5.74) is 1.49. The van der Waals surface area contributed by atoms with Crippen molar-refractivity contribution in [1.29, 1.82) is 0 Å². The van der Waals surface area contributed by atoms with E-state index in [2.05, 4.69) is 4.72 Å². The van der Waals surface area contributed by atoms with Crippen LogP contribution < -0.4 is 4.72 Å². The monoisotopic (exact) mass is 411 g/mol. The van der Waals surface area contributed by atoms with Crippen molar-refractivity contribution in [1.82, 2.24) is 0 Å². The van der Waals surface area contributed by atoms with Gasteiger partial charge >= 0.3 is 5.97 Å². The number of benzene rings is 3. The number of anilines is 1. The number of esters is 1. The summed E-state index contributed by atoms with van der Waals surface area (Å²) in [7, 11) is -3.39. The molecule has 0 unspecified atom stereocenters. The largest absolute Gasteiger partial charge is 0.454 e. The first-order valence-corrected chi connectivity index (χ1v) is 10.9. The molecule has 29 heavy (non-hydrogen) atoms. The number of nitrogens with one attached hydrogen (secondary N) is 1. The second-order valence-electron chi connectivity index (χ2n) is 6.81. The molecule has 0 aliphatic heterocycles. The van der Waals surface area contributed by atoms with Gasteiger partial charge in [0.2, 0.25) is 15.8 Å². The third kappa shape index (κ3) is 5.65. The molecular formula is C22H21NO5S. The zero-order valence-corrected chi connectivity index (χ0v) is 16.9. The van der Waals surface area contributed by atoms with E-state index in [0.717, 1.165) is 22.6 Å². The van der Waals surface area contributed by atoms with Crippen molar-refractivity contribution in [3.8, 4) is 0 Å². The maximum absolute atomic E-state index is 12.5. The third-order valence-electron chi connectivity index (χ3n) is 4.31. The van der Waals surface area contributed by atoms with E-state index < -0.39 is 22.1 Å². The van der Waals surface area contributed by atoms with Gasteiger partial charge in [-0.25, -0.2) is 8.42 Å². The van der Waals surface area contributed by atoms with Crippen LogP contribution in [0, 0.1) is 0 Å². The van der Waals surface area contributed by atoms with Gasteiger partial charge in [0.1, 0.15) is 0 Å². The molecule has 6 nitrogen and oxygen atoms in total. The molecule has 3 aromatic carbocycles. The topological polar surface area (TPSA) is 89.5 Å². The van der Waals surface area contributed by atoms with E-state index in [-0.39, 0.29) is 12.2 Å². The SMILES string of the molecule is C[C@H](OC(=O)Cc1ccc2ccccc2c1)C(=O)c1ccc(NS(C)(=O)=O)cc1. The van der Waals surface area contributed by atoms with Gasteiger partial charge in [0.25, 0.3) is 0 Å². The number of carbonyl (C=O) groups excluding carboxylic acids is 2. The van der Waals surface area contributed by atoms with E-state index in [9.17, 15) is 18.0 Å². The highest BCUT2D eigenvalue weighted by molar-refractivity contribution is 7.92. The van der Waals surface area contributed by atoms with Crippen LogP contribution in [-0.4, -0.2) is 32.5 Å². The molecule has 0 spiro atoms. The average Bonchev–Trinajstić information content (AvgIpc) is 2.66. The van der Waals surface area contributed by atoms with Gasteiger partial charge in [0, 0.05) is 11.3 Å². The lowest BCUT2D eigenvalue weighted by atomic mass is 10.0. The minimum atomic E-state index is -3.39. The summed E-state index contributed by atoms with van der Waals surface area (Å²) in [4.78, 5) is 24.7. The number of fused-ring (bicyclic) bond motifs is 1. The fourth-order valence-electron chi connectivity index (χ4n) is 2.96. The molecular weight excluding hydrogens is 390 g/mol. The van der Waals surface area contributed by atoms with E-state index in [1.165, 1.54) is 31.2 Å². The van der Waals surface area contributed by atoms with Crippen molar-refractivity contribution in [2.75, 3.05) is 11.0 Å². The first-order valence-electron chi connectivity index (χ1n) is 9.00. The Hall–Kier alpha value is -3.19. The zero-order valence-electron chi connectivity index (χ0n) is 16.1. The average molecular weight is 411 g/mol. The molecule has 1 N–H and O–H groups in total. The normalized spacial score (nSPS) is 12.3. The minimum Gasteiger partial charge on any atom is -0.454 e. The quantitative estimate of drug-likeness (QED) is 0.474. The highest BCUT2D eigenvalue weighted by atomic mass is 32.2. The highest BCUT2D eigenvalue weighted by Gasteiger charge is 2.20. The summed E-state index contributed by atoms with van der Waals surface area (Å²) >= 11 is 0. The van der Waals surface area contributed by atoms with Crippen molar-refractivity contribution in [2.45, 2.75) is 19.4 Å². The minimum absolute atomic E-state index is 0.0691. The predicted octanol–water partition coefficient (Wildman–Crippen LogP) is 3.57. The Morgan fingerprint density at radius 1 is 0.966 bits per heavy atom. The molecule has 0 fully saturated rings. The number of ether oxygens (including phenoxy) is 1. The molecule has 0 aromatic heterocycles. The Morgan fingerprint density at radius 2 is 1.62 bits per heavy atom. The summed E-state index contributed by atoms with van der Waals surface area (Å²) in [6.07, 6.45) is 0.166. The van der Waals surface area contributed by atoms with Crippen molar-refractivity contribution in [3.05, 3.63) is 77.9 Å². The molecule has 0 aliphatic carbocycles. The number of carbonyl (C=O) groups is 2. The molecule has 1 atom stereocenters. The smallest absolute Gasteiger partial charge is 0.310 e. The third-order valence-corrected chi connectivity index (χ3v) is 4.92. The predicted molar refractivity (Wildman–Crippen MR) is 112 cm³/mol. The van der Waals surface area contributed by atoms with Crippen molar-refractivity contribution >= 4 is 38.2 Å². The second kappa shape index (κ2) is 8.45. The van der Waals surface area contributed by atoms with Gasteiger partial charge in [-0.1, -0.05) is 42.5 Å². The lowest BCUT2D eigenvalue weighted by molar-refractivity contribution is -0.145. The first-order chi connectivity index (χ1) is 13.7. The van der Waals surface area contributed by atoms with Crippen LogP contribution >= 0.6 is 0 Å². The Balaban J connectivity index is 1.61. The van der Waals surface area contributed by atoms with E-state index >= 15 is 0 Å². The van der Waals surface area contributed by atoms with E-state index in [0.29, 0.717) is 11.3 Å². The number of ketones is 1. The summed E-state index contributed by atoms with van der Waals surface area (Å²) in [5, 5.41) is 2.12. The summed E-state index contributed by atoms with van der Waals surface area (Å²) in [6.45, 7) is 1.52. The van der Waals surface area contributed by atoms with Gasteiger partial charge in [-0.3, -0.25) is 14.3 Å². The molecule has 0 radical (unpaired) electrons. The van der Waals surface area contributed by atoms with Gasteiger partial charge in [-0.15, -0.1) is 0 Å². The molecule has 7 heteroatoms. The molecule has 0 aliphatic rings. The maximum atomic E-state index is 12.5. The number of hydrogen-bond donors (Lipinski definition) is 1. The molecule has 0 saturated carbocycles. The van der Waals surface area contributed by atoms with E-state index in [4.69, 9.17) is 4.74 Å². The lowest BCUT2D eigenvalue weighted by Crippen LogP contribution is -2.25. The fourth-order valence-corrected chi connectivity index (χ4v) is 3.52. The fraction of sp³-hybridized carbons (Fsp3) is 0.182. The van der Waals surface area contributed by atoms with E-state index in [1.807, 2.05) is 42.5 Å². The lowest BCUT2D eigenvalue weighted by Gasteiger charge is -2.13. The van der Waals surface area contributed by atoms with Crippen LogP contribution in [0.5, 0.6) is 0 Å². The van der Waals surface area contributed by atoms with Gasteiger partial charge in [0.15, 0.2) is 6.10 Å². The molecule has 3 aromatic rings. The van der Waals surface area contributed by atoms with E-state index in [1.54, 1.807) is 0 Å². The van der Waals surface area contributed by atoms with Gasteiger partial charge in [-0.2, -0.15) is 0 Å². The van der Waals surface area contributed by atoms with Crippen molar-refractivity contribution in [3.63, 3.8) is 0 Å². The Labute approximate surface area is 169 Å². The number of rotatable bonds is 7. The summed E-state index contributed by atoms with van der Waals surface area (Å²) in [6, 6.07) is 19.5. The van der Waals surface area contributed by atoms with Crippen LogP contribution in [0.4, 0.5) is 5.69 Å². The molecule has 150 valence electrons. The van der Waals surface area contributed by atoms with Crippen molar-refractivity contribution < 1.29 is 22.7 Å². The van der Waals surface area contributed by atoms with Crippen LogP contribution in [0.15, 0.2) is 66.7 Å². The Bertz CT molecular complexity index is 1150. The molecule has 3 rings (SSSR count). The number of sulfonamides is 1. The Morgan fingerprint density at radius 3 is 2.28 bits per heavy atom. The maximum Gasteiger partial charge on any atom is 0.310 e. The Kier molecular flexibility index (Phi) is 5.98. The van der Waals surface area contributed by atoms with Gasteiger partial charge in [-0.05, 0) is 47.5 Å². The first kappa shape index (κ1) is 20.5. The molecule has 0 heterocycles. The molecule has 0 saturated heterocycles. The van der Waals surface area contributed by atoms with Crippen LogP contribution in [0.3, 0.4) is 0 Å². The van der Waals surface area contributed by atoms with Crippen LogP contribution in [0.1, 0.15) is 22.8 Å². The van der Waals surface area contributed by atoms with Crippen LogP contribution in [-0.2, 0) is 26.0 Å². The van der Waals surface area contributed by atoms with Crippen LogP contribution in [0.25, 0.3) is 10.8 Å². The standard InChI is InChI=1S/C22H21NO5S/c1-15(22(25)18-9-11-20(12-10-18)23-29(2,26)27)28-21(24)14-16-7-8-17-5-3-4-6-19(17)13-16/h3-13,15,23H,14H2,1-2H3/t15-/m0/s1. The molecule has 0 bridgehead atoms. The summed E-state index contributed by atoms with van der Waals surface area (Å²) in [5.74, 6) is -0.848. The number of Topliss-reactive ketones (excluding diaryl/α,β-unsaturated/α-hetero) is 1. The zero-order chi connectivity index (χ0) is 21.0. The highest BCUT2D eigenvalue weighted by Crippen LogP contribution is 2.17. The second-order valence-corrected chi connectivity index (χ2v) is 8.55. The van der Waals surface area contributed by atoms with Gasteiger partial charge < -0.3 is 4.74 Å². The van der Waals surface area contributed by atoms with Crippen molar-refractivity contribution in [2.24, 2.45) is 0 Å². The van der Waals surface area contributed by atoms with Crippen LogP contribution in [0.2, 0.25) is 0 Å².